The third-order valence-corrected chi connectivity index (χ3v) is 2.44. The van der Waals surface area contributed by atoms with Gasteiger partial charge in [-0.25, -0.2) is 9.97 Å². The average molecular weight is 244 g/mol. The van der Waals surface area contributed by atoms with Crippen LogP contribution in [0.3, 0.4) is 0 Å². The molecule has 0 saturated heterocycles. The van der Waals surface area contributed by atoms with Crippen LogP contribution in [0.15, 0.2) is 30.6 Å². The molecule has 5 nitrogen and oxygen atoms in total. The Morgan fingerprint density at radius 3 is 2.89 bits per heavy atom. The standard InChI is InChI=1S/C13H16N4O/c1-9-6-12(15-10(2)8-18)17-13(16-9)11-4-3-5-14-7-11/h3-7,10,18H,8H2,1-2H3,(H,15,16,17). The van der Waals surface area contributed by atoms with Crippen molar-refractivity contribution in [3.63, 3.8) is 0 Å². The van der Waals surface area contributed by atoms with E-state index in [0.717, 1.165) is 11.3 Å². The summed E-state index contributed by atoms with van der Waals surface area (Å²) in [5, 5.41) is 12.2. The Labute approximate surface area is 106 Å². The molecule has 0 amide bonds. The molecule has 0 saturated carbocycles. The van der Waals surface area contributed by atoms with Gasteiger partial charge < -0.3 is 10.4 Å². The van der Waals surface area contributed by atoms with Gasteiger partial charge in [-0.2, -0.15) is 0 Å². The summed E-state index contributed by atoms with van der Waals surface area (Å²) >= 11 is 0. The quantitative estimate of drug-likeness (QED) is 0.855. The summed E-state index contributed by atoms with van der Waals surface area (Å²) in [4.78, 5) is 12.9. The summed E-state index contributed by atoms with van der Waals surface area (Å²) in [5.41, 5.74) is 1.75. The van der Waals surface area contributed by atoms with Crippen molar-refractivity contribution in [1.29, 1.82) is 0 Å². The van der Waals surface area contributed by atoms with Crippen LogP contribution < -0.4 is 5.32 Å². The Balaban J connectivity index is 2.32. The molecule has 0 aromatic carbocycles. The second-order valence-electron chi connectivity index (χ2n) is 4.19. The van der Waals surface area contributed by atoms with E-state index in [0.29, 0.717) is 11.6 Å². The molecular weight excluding hydrogens is 228 g/mol. The zero-order chi connectivity index (χ0) is 13.0. The highest BCUT2D eigenvalue weighted by Gasteiger charge is 2.07. The lowest BCUT2D eigenvalue weighted by Crippen LogP contribution is -2.20. The Morgan fingerprint density at radius 2 is 2.22 bits per heavy atom. The second-order valence-corrected chi connectivity index (χ2v) is 4.19. The number of rotatable bonds is 4. The molecule has 0 aliphatic heterocycles. The maximum Gasteiger partial charge on any atom is 0.163 e. The van der Waals surface area contributed by atoms with E-state index in [2.05, 4.69) is 20.3 Å². The summed E-state index contributed by atoms with van der Waals surface area (Å²) < 4.78 is 0. The molecule has 2 aromatic heterocycles. The number of nitrogens with one attached hydrogen (secondary N) is 1. The van der Waals surface area contributed by atoms with Crippen LogP contribution >= 0.6 is 0 Å². The number of anilines is 1. The maximum atomic E-state index is 9.04. The van der Waals surface area contributed by atoms with Gasteiger partial charge in [-0.3, -0.25) is 4.98 Å². The molecule has 1 atom stereocenters. The van der Waals surface area contributed by atoms with Crippen LogP contribution in [0.25, 0.3) is 11.4 Å². The van der Waals surface area contributed by atoms with Crippen LogP contribution in [0.4, 0.5) is 5.82 Å². The fraction of sp³-hybridized carbons (Fsp3) is 0.308. The van der Waals surface area contributed by atoms with Crippen LogP contribution in [-0.2, 0) is 0 Å². The number of aliphatic hydroxyl groups is 1. The third kappa shape index (κ3) is 3.01. The van der Waals surface area contributed by atoms with E-state index in [-0.39, 0.29) is 12.6 Å². The van der Waals surface area contributed by atoms with E-state index >= 15 is 0 Å². The molecule has 94 valence electrons. The normalized spacial score (nSPS) is 12.2. The predicted octanol–water partition coefficient (Wildman–Crippen LogP) is 1.64. The summed E-state index contributed by atoms with van der Waals surface area (Å²) in [6, 6.07) is 5.58. The summed E-state index contributed by atoms with van der Waals surface area (Å²) in [7, 11) is 0. The van der Waals surface area contributed by atoms with Gasteiger partial charge in [0.05, 0.1) is 6.61 Å². The highest BCUT2D eigenvalue weighted by atomic mass is 16.3. The summed E-state index contributed by atoms with van der Waals surface area (Å²) in [6.07, 6.45) is 3.44. The Morgan fingerprint density at radius 1 is 1.39 bits per heavy atom. The lowest BCUT2D eigenvalue weighted by atomic mass is 10.2. The molecule has 0 spiro atoms. The molecule has 0 radical (unpaired) electrons. The monoisotopic (exact) mass is 244 g/mol. The third-order valence-electron chi connectivity index (χ3n) is 2.44. The highest BCUT2D eigenvalue weighted by Crippen LogP contribution is 2.16. The number of nitrogens with zero attached hydrogens (tertiary/aromatic N) is 3. The molecule has 18 heavy (non-hydrogen) atoms. The number of aliphatic hydroxyl groups excluding tert-OH is 1. The van der Waals surface area contributed by atoms with E-state index in [1.807, 2.05) is 32.0 Å². The predicted molar refractivity (Wildman–Crippen MR) is 70.2 cm³/mol. The van der Waals surface area contributed by atoms with Gasteiger partial charge >= 0.3 is 0 Å². The first-order valence-corrected chi connectivity index (χ1v) is 5.82. The first-order chi connectivity index (χ1) is 8.69. The zero-order valence-electron chi connectivity index (χ0n) is 10.5. The number of hydrogen-bond acceptors (Lipinski definition) is 5. The Kier molecular flexibility index (Phi) is 3.84. The molecule has 5 heteroatoms. The lowest BCUT2D eigenvalue weighted by Gasteiger charge is -2.12. The molecule has 2 N–H and O–H groups in total. The van der Waals surface area contributed by atoms with Gasteiger partial charge in [0.2, 0.25) is 0 Å². The van der Waals surface area contributed by atoms with Gasteiger partial charge in [-0.1, -0.05) is 0 Å². The van der Waals surface area contributed by atoms with Crippen molar-refractivity contribution in [2.24, 2.45) is 0 Å². The smallest absolute Gasteiger partial charge is 0.163 e. The highest BCUT2D eigenvalue weighted by molar-refractivity contribution is 5.56. The van der Waals surface area contributed by atoms with Crippen molar-refractivity contribution in [1.82, 2.24) is 15.0 Å². The average Bonchev–Trinajstić information content (AvgIpc) is 2.39. The largest absolute Gasteiger partial charge is 0.394 e. The number of aryl methyl sites for hydroxylation is 1. The fourth-order valence-electron chi connectivity index (χ4n) is 1.56. The molecule has 0 fully saturated rings. The van der Waals surface area contributed by atoms with Crippen LogP contribution in [0.1, 0.15) is 12.6 Å². The molecule has 2 heterocycles. The van der Waals surface area contributed by atoms with E-state index in [4.69, 9.17) is 5.11 Å². The van der Waals surface area contributed by atoms with Crippen molar-refractivity contribution in [2.45, 2.75) is 19.9 Å². The Hall–Kier alpha value is -2.01. The molecule has 0 aliphatic rings. The van der Waals surface area contributed by atoms with Gasteiger partial charge in [-0.05, 0) is 26.0 Å². The van der Waals surface area contributed by atoms with E-state index < -0.39 is 0 Å². The molecule has 0 bridgehead atoms. The number of hydrogen-bond donors (Lipinski definition) is 2. The minimum Gasteiger partial charge on any atom is -0.394 e. The molecule has 1 unspecified atom stereocenters. The minimum atomic E-state index is -0.0407. The SMILES string of the molecule is Cc1cc(NC(C)CO)nc(-c2cccnc2)n1. The van der Waals surface area contributed by atoms with E-state index in [1.54, 1.807) is 12.4 Å². The van der Waals surface area contributed by atoms with Gasteiger partial charge in [-0.15, -0.1) is 0 Å². The minimum absolute atomic E-state index is 0.0407. The zero-order valence-corrected chi connectivity index (χ0v) is 10.5. The van der Waals surface area contributed by atoms with Gasteiger partial charge in [0.1, 0.15) is 5.82 Å². The first kappa shape index (κ1) is 12.4. The van der Waals surface area contributed by atoms with Crippen molar-refractivity contribution < 1.29 is 5.11 Å². The topological polar surface area (TPSA) is 70.9 Å². The lowest BCUT2D eigenvalue weighted by molar-refractivity contribution is 0.281. The maximum absolute atomic E-state index is 9.04. The van der Waals surface area contributed by atoms with Crippen LogP contribution in [0, 0.1) is 6.92 Å². The number of pyridine rings is 1. The molecule has 2 rings (SSSR count). The van der Waals surface area contributed by atoms with Crippen molar-refractivity contribution in [3.05, 3.63) is 36.3 Å². The van der Waals surface area contributed by atoms with E-state index in [9.17, 15) is 0 Å². The fourth-order valence-corrected chi connectivity index (χ4v) is 1.56. The molecule has 0 aliphatic carbocycles. The summed E-state index contributed by atoms with van der Waals surface area (Å²) in [5.74, 6) is 1.35. The molecule has 2 aromatic rings. The van der Waals surface area contributed by atoms with Crippen molar-refractivity contribution in [2.75, 3.05) is 11.9 Å². The van der Waals surface area contributed by atoms with Crippen molar-refractivity contribution >= 4 is 5.82 Å². The van der Waals surface area contributed by atoms with Crippen LogP contribution in [0.5, 0.6) is 0 Å². The Bertz CT molecular complexity index is 516. The van der Waals surface area contributed by atoms with Crippen LogP contribution in [-0.4, -0.2) is 32.7 Å². The second kappa shape index (κ2) is 5.55. The van der Waals surface area contributed by atoms with Gasteiger partial charge in [0.15, 0.2) is 5.82 Å². The van der Waals surface area contributed by atoms with Crippen LogP contribution in [0.2, 0.25) is 0 Å². The first-order valence-electron chi connectivity index (χ1n) is 5.82. The van der Waals surface area contributed by atoms with Gasteiger partial charge in [0, 0.05) is 35.8 Å². The number of aromatic nitrogens is 3. The van der Waals surface area contributed by atoms with E-state index in [1.165, 1.54) is 0 Å². The molecular formula is C13H16N4O. The van der Waals surface area contributed by atoms with Crippen molar-refractivity contribution in [3.8, 4) is 11.4 Å². The van der Waals surface area contributed by atoms with Gasteiger partial charge in [0.25, 0.3) is 0 Å². The summed E-state index contributed by atoms with van der Waals surface area (Å²) in [6.45, 7) is 3.86.